The predicted octanol–water partition coefficient (Wildman–Crippen LogP) is 3.13. The number of nitrogens with zero attached hydrogens (tertiary/aromatic N) is 1. The molecule has 0 amide bonds. The third-order valence-electron chi connectivity index (χ3n) is 3.20. The van der Waals surface area contributed by atoms with Crippen LogP contribution in [0, 0.1) is 0 Å². The quantitative estimate of drug-likeness (QED) is 0.376. The third kappa shape index (κ3) is 3.28. The zero-order valence-electron chi connectivity index (χ0n) is 9.82. The second kappa shape index (κ2) is 6.15. The highest BCUT2D eigenvalue weighted by atomic mass is 35.5. The van der Waals surface area contributed by atoms with E-state index in [1.807, 2.05) is 6.07 Å². The van der Waals surface area contributed by atoms with Gasteiger partial charge in [-0.3, -0.25) is 5.84 Å². The molecule has 1 heterocycles. The van der Waals surface area contributed by atoms with E-state index in [4.69, 9.17) is 17.4 Å². The monoisotopic (exact) mass is 251 g/mol. The summed E-state index contributed by atoms with van der Waals surface area (Å²) in [5.74, 6) is 5.67. The minimum absolute atomic E-state index is 0.0675. The van der Waals surface area contributed by atoms with Crippen molar-refractivity contribution in [3.05, 3.63) is 40.7 Å². The fraction of sp³-hybridized carbons (Fsp3) is 0.462. The maximum atomic E-state index is 5.79. The van der Waals surface area contributed by atoms with E-state index < -0.39 is 0 Å². The van der Waals surface area contributed by atoms with E-state index in [-0.39, 0.29) is 6.04 Å². The van der Waals surface area contributed by atoms with Gasteiger partial charge >= 0.3 is 0 Å². The molecule has 0 spiro atoms. The number of pyridine rings is 1. The Morgan fingerprint density at radius 1 is 1.29 bits per heavy atom. The van der Waals surface area contributed by atoms with Crippen molar-refractivity contribution in [1.29, 1.82) is 0 Å². The molecular formula is C13H18ClN3. The number of aromatic nitrogens is 1. The zero-order valence-corrected chi connectivity index (χ0v) is 10.6. The van der Waals surface area contributed by atoms with E-state index in [1.54, 1.807) is 12.3 Å². The Labute approximate surface area is 107 Å². The van der Waals surface area contributed by atoms with Gasteiger partial charge in [-0.15, -0.1) is 0 Å². The number of rotatable bonds is 3. The van der Waals surface area contributed by atoms with Crippen molar-refractivity contribution in [2.24, 2.45) is 5.84 Å². The van der Waals surface area contributed by atoms with Crippen LogP contribution in [0.5, 0.6) is 0 Å². The molecule has 1 unspecified atom stereocenters. The molecule has 0 radical (unpaired) electrons. The zero-order chi connectivity index (χ0) is 12.1. The fourth-order valence-corrected chi connectivity index (χ4v) is 2.39. The Morgan fingerprint density at radius 3 is 2.88 bits per heavy atom. The van der Waals surface area contributed by atoms with Crippen LogP contribution in [0.4, 0.5) is 0 Å². The molecule has 3 nitrogen and oxygen atoms in total. The molecule has 92 valence electrons. The topological polar surface area (TPSA) is 50.9 Å². The Bertz CT molecular complexity index is 386. The van der Waals surface area contributed by atoms with E-state index >= 15 is 0 Å². The van der Waals surface area contributed by atoms with Crippen molar-refractivity contribution in [3.8, 4) is 0 Å². The standard InChI is InChI=1S/C13H18ClN3/c14-12-8-7-11(9-16-12)13(17-15)10-5-3-1-2-4-6-10/h5,7-9,13,17H,1-4,6,15H2. The van der Waals surface area contributed by atoms with Crippen LogP contribution in [-0.4, -0.2) is 4.98 Å². The summed E-state index contributed by atoms with van der Waals surface area (Å²) in [6.45, 7) is 0. The molecule has 1 atom stereocenters. The summed E-state index contributed by atoms with van der Waals surface area (Å²) in [6, 6.07) is 3.85. The lowest BCUT2D eigenvalue weighted by Crippen LogP contribution is -2.29. The minimum Gasteiger partial charge on any atom is -0.271 e. The lowest BCUT2D eigenvalue weighted by molar-refractivity contribution is 0.591. The molecule has 0 aliphatic heterocycles. The van der Waals surface area contributed by atoms with Gasteiger partial charge in [0.2, 0.25) is 0 Å². The number of hydrogen-bond donors (Lipinski definition) is 2. The Morgan fingerprint density at radius 2 is 2.18 bits per heavy atom. The van der Waals surface area contributed by atoms with E-state index in [0.29, 0.717) is 5.15 Å². The molecule has 1 aliphatic rings. The van der Waals surface area contributed by atoms with E-state index in [2.05, 4.69) is 16.5 Å². The summed E-state index contributed by atoms with van der Waals surface area (Å²) < 4.78 is 0. The molecule has 0 bridgehead atoms. The maximum absolute atomic E-state index is 5.79. The molecule has 2 rings (SSSR count). The summed E-state index contributed by atoms with van der Waals surface area (Å²) in [5, 5.41) is 0.513. The number of nitrogens with two attached hydrogens (primary N) is 1. The van der Waals surface area contributed by atoms with Crippen LogP contribution in [-0.2, 0) is 0 Å². The number of hydrazine groups is 1. The molecule has 1 aromatic heterocycles. The van der Waals surface area contributed by atoms with Crippen LogP contribution < -0.4 is 11.3 Å². The van der Waals surface area contributed by atoms with E-state index in [0.717, 1.165) is 18.4 Å². The largest absolute Gasteiger partial charge is 0.271 e. The van der Waals surface area contributed by atoms with Crippen molar-refractivity contribution in [3.63, 3.8) is 0 Å². The highest BCUT2D eigenvalue weighted by Gasteiger charge is 2.16. The molecule has 1 aromatic rings. The van der Waals surface area contributed by atoms with Crippen molar-refractivity contribution < 1.29 is 0 Å². The van der Waals surface area contributed by atoms with E-state index in [1.165, 1.54) is 24.8 Å². The van der Waals surface area contributed by atoms with Crippen LogP contribution in [0.2, 0.25) is 5.15 Å². The van der Waals surface area contributed by atoms with Crippen LogP contribution in [0.25, 0.3) is 0 Å². The lowest BCUT2D eigenvalue weighted by Gasteiger charge is -2.19. The molecule has 1 aliphatic carbocycles. The van der Waals surface area contributed by atoms with E-state index in [9.17, 15) is 0 Å². The second-order valence-electron chi connectivity index (χ2n) is 4.39. The first-order chi connectivity index (χ1) is 8.31. The van der Waals surface area contributed by atoms with Crippen LogP contribution >= 0.6 is 11.6 Å². The number of allylic oxidation sites excluding steroid dienone is 1. The minimum atomic E-state index is 0.0675. The highest BCUT2D eigenvalue weighted by molar-refractivity contribution is 6.29. The molecule has 0 saturated carbocycles. The Hall–Kier alpha value is -0.900. The van der Waals surface area contributed by atoms with Gasteiger partial charge in [-0.25, -0.2) is 10.4 Å². The van der Waals surface area contributed by atoms with Gasteiger partial charge in [0.05, 0.1) is 6.04 Å². The molecular weight excluding hydrogens is 234 g/mol. The second-order valence-corrected chi connectivity index (χ2v) is 4.78. The van der Waals surface area contributed by atoms with Gasteiger partial charge < -0.3 is 0 Å². The Kier molecular flexibility index (Phi) is 4.54. The lowest BCUT2D eigenvalue weighted by atomic mass is 9.97. The SMILES string of the molecule is NNC(C1=CCCCCC1)c1ccc(Cl)nc1. The summed E-state index contributed by atoms with van der Waals surface area (Å²) >= 11 is 5.79. The van der Waals surface area contributed by atoms with Gasteiger partial charge in [0, 0.05) is 6.20 Å². The van der Waals surface area contributed by atoms with Crippen molar-refractivity contribution >= 4 is 11.6 Å². The number of nitrogens with one attached hydrogen (secondary N) is 1. The van der Waals surface area contributed by atoms with Gasteiger partial charge in [0.1, 0.15) is 5.15 Å². The molecule has 3 N–H and O–H groups in total. The molecule has 17 heavy (non-hydrogen) atoms. The summed E-state index contributed by atoms with van der Waals surface area (Å²) in [7, 11) is 0. The van der Waals surface area contributed by atoms with Crippen molar-refractivity contribution in [1.82, 2.24) is 10.4 Å². The molecule has 0 fully saturated rings. The van der Waals surface area contributed by atoms with Crippen LogP contribution in [0.1, 0.15) is 43.7 Å². The van der Waals surface area contributed by atoms with Crippen molar-refractivity contribution in [2.45, 2.75) is 38.1 Å². The normalized spacial score (nSPS) is 18.4. The number of halogens is 1. The molecule has 0 aromatic carbocycles. The number of hydrogen-bond acceptors (Lipinski definition) is 3. The highest BCUT2D eigenvalue weighted by Crippen LogP contribution is 2.28. The molecule has 4 heteroatoms. The average molecular weight is 252 g/mol. The first kappa shape index (κ1) is 12.6. The fourth-order valence-electron chi connectivity index (χ4n) is 2.28. The summed E-state index contributed by atoms with van der Waals surface area (Å²) in [6.07, 6.45) is 10.2. The third-order valence-corrected chi connectivity index (χ3v) is 3.42. The van der Waals surface area contributed by atoms with Gasteiger partial charge in [0.15, 0.2) is 0 Å². The van der Waals surface area contributed by atoms with Gasteiger partial charge in [0.25, 0.3) is 0 Å². The summed E-state index contributed by atoms with van der Waals surface area (Å²) in [4.78, 5) is 4.11. The van der Waals surface area contributed by atoms with Crippen molar-refractivity contribution in [2.75, 3.05) is 0 Å². The molecule has 0 saturated heterocycles. The average Bonchev–Trinajstić information content (AvgIpc) is 2.62. The predicted molar refractivity (Wildman–Crippen MR) is 70.5 cm³/mol. The smallest absolute Gasteiger partial charge is 0.129 e. The first-order valence-corrected chi connectivity index (χ1v) is 6.45. The summed E-state index contributed by atoms with van der Waals surface area (Å²) in [5.41, 5.74) is 5.33. The van der Waals surface area contributed by atoms with Gasteiger partial charge in [-0.1, -0.05) is 35.7 Å². The van der Waals surface area contributed by atoms with Gasteiger partial charge in [-0.2, -0.15) is 0 Å². The maximum Gasteiger partial charge on any atom is 0.129 e. The Balaban J connectivity index is 2.20. The van der Waals surface area contributed by atoms with Gasteiger partial charge in [-0.05, 0) is 37.3 Å². The van der Waals surface area contributed by atoms with Crippen LogP contribution in [0.15, 0.2) is 30.0 Å². The van der Waals surface area contributed by atoms with Crippen LogP contribution in [0.3, 0.4) is 0 Å². The first-order valence-electron chi connectivity index (χ1n) is 6.08.